The lowest BCUT2D eigenvalue weighted by atomic mass is 9.82. The molecular formula is C25H26F2N4O4. The summed E-state index contributed by atoms with van der Waals surface area (Å²) in [4.78, 5) is 25.3. The van der Waals surface area contributed by atoms with Crippen LogP contribution in [0.25, 0.3) is 11.4 Å². The highest BCUT2D eigenvalue weighted by molar-refractivity contribution is 6.00. The van der Waals surface area contributed by atoms with Crippen molar-refractivity contribution in [1.82, 2.24) is 15.0 Å². The van der Waals surface area contributed by atoms with Crippen molar-refractivity contribution in [1.29, 1.82) is 0 Å². The van der Waals surface area contributed by atoms with Crippen molar-refractivity contribution in [3.8, 4) is 11.4 Å². The number of rotatable bonds is 6. The molecule has 8 nitrogen and oxygen atoms in total. The molecule has 3 aromatic rings. The monoisotopic (exact) mass is 484 g/mol. The van der Waals surface area contributed by atoms with E-state index in [0.29, 0.717) is 17.5 Å². The summed E-state index contributed by atoms with van der Waals surface area (Å²) in [6, 6.07) is 5.05. The number of hydrogen-bond acceptors (Lipinski definition) is 8. The van der Waals surface area contributed by atoms with E-state index in [-0.39, 0.29) is 30.0 Å². The van der Waals surface area contributed by atoms with Crippen LogP contribution < -0.4 is 5.73 Å². The summed E-state index contributed by atoms with van der Waals surface area (Å²) in [6.45, 7) is 3.38. The highest BCUT2D eigenvalue weighted by Gasteiger charge is 2.46. The molecule has 0 amide bonds. The van der Waals surface area contributed by atoms with E-state index in [9.17, 15) is 23.8 Å². The molecule has 1 aliphatic heterocycles. The van der Waals surface area contributed by atoms with Crippen LogP contribution in [-0.4, -0.2) is 48.8 Å². The highest BCUT2D eigenvalue weighted by Crippen LogP contribution is 2.39. The normalized spacial score (nSPS) is 24.3. The zero-order chi connectivity index (χ0) is 25.3. The summed E-state index contributed by atoms with van der Waals surface area (Å²) < 4.78 is 34.5. The number of nitrogens with zero attached hydrogens (tertiary/aromatic N) is 3. The number of benzene rings is 1. The largest absolute Gasteiger partial charge is 0.396 e. The number of aliphatic hydroxyl groups excluding tert-OH is 1. The summed E-state index contributed by atoms with van der Waals surface area (Å²) in [5.74, 6) is -2.53. The van der Waals surface area contributed by atoms with Crippen LogP contribution in [0.3, 0.4) is 0 Å². The molecule has 0 radical (unpaired) electrons. The topological polar surface area (TPSA) is 131 Å². The fourth-order valence-corrected chi connectivity index (χ4v) is 4.36. The molecule has 0 bridgehead atoms. The standard InChI is InChI=1S/C25H26F2N4O4/c1-3-21-25(2,34)20(33)10-19(35-21)14-7-8-29-11-13(14)9-18(32)23-17(28)12-30-24(31-23)22-15(26)5-4-6-16(22)27/h4-8,11-12,19-21,33-34H,3,9-10,28H2,1-2H3/t19-,20-,21-,25+/m1/s1. The number of carbonyl (C=O) groups is 1. The van der Waals surface area contributed by atoms with Gasteiger partial charge in [-0.15, -0.1) is 0 Å². The van der Waals surface area contributed by atoms with Crippen molar-refractivity contribution in [3.05, 3.63) is 71.3 Å². The number of aliphatic hydroxyl groups is 2. The van der Waals surface area contributed by atoms with Crippen LogP contribution in [0.2, 0.25) is 0 Å². The maximum atomic E-state index is 14.2. The van der Waals surface area contributed by atoms with Gasteiger partial charge in [-0.2, -0.15) is 0 Å². The summed E-state index contributed by atoms with van der Waals surface area (Å²) in [5.41, 5.74) is 5.02. The minimum absolute atomic E-state index is 0.0348. The van der Waals surface area contributed by atoms with E-state index < -0.39 is 46.9 Å². The van der Waals surface area contributed by atoms with E-state index in [1.165, 1.54) is 19.2 Å². The third-order valence-corrected chi connectivity index (χ3v) is 6.37. The summed E-state index contributed by atoms with van der Waals surface area (Å²) in [6.07, 6.45) is 2.41. The Kier molecular flexibility index (Phi) is 6.88. The van der Waals surface area contributed by atoms with Crippen molar-refractivity contribution in [2.24, 2.45) is 0 Å². The maximum absolute atomic E-state index is 14.2. The number of ether oxygens (including phenoxy) is 1. The molecule has 4 atom stereocenters. The van der Waals surface area contributed by atoms with E-state index in [2.05, 4.69) is 15.0 Å². The van der Waals surface area contributed by atoms with Crippen LogP contribution in [0, 0.1) is 11.6 Å². The van der Waals surface area contributed by atoms with Crippen molar-refractivity contribution < 1.29 is 28.5 Å². The Bertz CT molecular complexity index is 1230. The first-order valence-electron chi connectivity index (χ1n) is 11.2. The number of aromatic nitrogens is 3. The van der Waals surface area contributed by atoms with Gasteiger partial charge < -0.3 is 20.7 Å². The average molecular weight is 485 g/mol. The Hall–Kier alpha value is -3.34. The van der Waals surface area contributed by atoms with E-state index in [1.807, 2.05) is 6.92 Å². The van der Waals surface area contributed by atoms with Crippen molar-refractivity contribution in [2.45, 2.75) is 57.0 Å². The minimum atomic E-state index is -1.40. The Labute approximate surface area is 200 Å². The number of pyridine rings is 1. The second-order valence-electron chi connectivity index (χ2n) is 8.77. The van der Waals surface area contributed by atoms with Gasteiger partial charge >= 0.3 is 0 Å². The molecule has 10 heteroatoms. The SMILES string of the molecule is CC[C@H]1O[C@@H](c2ccncc2CC(=O)c2nc(-c3c(F)cccc3F)ncc2N)C[C@@H](O)[C@]1(C)O. The number of nitrogens with two attached hydrogens (primary N) is 1. The maximum Gasteiger partial charge on any atom is 0.187 e. The molecule has 0 unspecified atom stereocenters. The quantitative estimate of drug-likeness (QED) is 0.455. The number of hydrogen-bond donors (Lipinski definition) is 3. The molecule has 4 N–H and O–H groups in total. The summed E-state index contributed by atoms with van der Waals surface area (Å²) in [5, 5.41) is 21.1. The first-order chi connectivity index (χ1) is 16.6. The predicted molar refractivity (Wildman–Crippen MR) is 123 cm³/mol. The number of ketones is 1. The Balaban J connectivity index is 1.64. The number of anilines is 1. The molecule has 35 heavy (non-hydrogen) atoms. The molecule has 1 aromatic carbocycles. The molecule has 1 fully saturated rings. The first-order valence-corrected chi connectivity index (χ1v) is 11.2. The molecule has 2 aromatic heterocycles. The number of carbonyl (C=O) groups excluding carboxylic acids is 1. The van der Waals surface area contributed by atoms with Crippen molar-refractivity contribution >= 4 is 11.5 Å². The Morgan fingerprint density at radius 3 is 2.66 bits per heavy atom. The van der Waals surface area contributed by atoms with Crippen LogP contribution in [0.4, 0.5) is 14.5 Å². The van der Waals surface area contributed by atoms with Gasteiger partial charge in [-0.1, -0.05) is 13.0 Å². The molecule has 184 valence electrons. The number of halogens is 2. The zero-order valence-corrected chi connectivity index (χ0v) is 19.3. The van der Waals surface area contributed by atoms with Crippen LogP contribution in [0.5, 0.6) is 0 Å². The zero-order valence-electron chi connectivity index (χ0n) is 19.3. The second-order valence-corrected chi connectivity index (χ2v) is 8.77. The molecule has 1 saturated heterocycles. The molecule has 0 spiro atoms. The van der Waals surface area contributed by atoms with Crippen molar-refractivity contribution in [2.75, 3.05) is 5.73 Å². The number of Topliss-reactive ketones (excluding diaryl/α,β-unsaturated/α-hetero) is 1. The van der Waals surface area contributed by atoms with Crippen LogP contribution >= 0.6 is 0 Å². The third-order valence-electron chi connectivity index (χ3n) is 6.37. The van der Waals surface area contributed by atoms with Gasteiger partial charge in [0.25, 0.3) is 0 Å². The molecular weight excluding hydrogens is 458 g/mol. The van der Waals surface area contributed by atoms with Gasteiger partial charge in [-0.05, 0) is 42.7 Å². The van der Waals surface area contributed by atoms with Crippen molar-refractivity contribution in [3.63, 3.8) is 0 Å². The lowest BCUT2D eigenvalue weighted by Gasteiger charge is -2.44. The highest BCUT2D eigenvalue weighted by atomic mass is 19.1. The lowest BCUT2D eigenvalue weighted by molar-refractivity contribution is -0.222. The predicted octanol–water partition coefficient (Wildman–Crippen LogP) is 3.18. The number of nitrogen functional groups attached to an aromatic ring is 1. The van der Waals surface area contributed by atoms with E-state index >= 15 is 0 Å². The van der Waals surface area contributed by atoms with E-state index in [1.54, 1.807) is 12.3 Å². The van der Waals surface area contributed by atoms with Gasteiger partial charge in [0.15, 0.2) is 11.6 Å². The second kappa shape index (κ2) is 9.73. The molecule has 0 saturated carbocycles. The molecule has 3 heterocycles. The van der Waals surface area contributed by atoms with Gasteiger partial charge in [0.2, 0.25) is 0 Å². The smallest absolute Gasteiger partial charge is 0.187 e. The third kappa shape index (κ3) is 4.77. The minimum Gasteiger partial charge on any atom is -0.396 e. The van der Waals surface area contributed by atoms with Crippen LogP contribution in [0.1, 0.15) is 54.4 Å². The van der Waals surface area contributed by atoms with Gasteiger partial charge in [0, 0.05) is 25.2 Å². The lowest BCUT2D eigenvalue weighted by Crippen LogP contribution is -2.55. The summed E-state index contributed by atoms with van der Waals surface area (Å²) in [7, 11) is 0. The fourth-order valence-electron chi connectivity index (χ4n) is 4.36. The van der Waals surface area contributed by atoms with E-state index in [0.717, 1.165) is 18.3 Å². The molecule has 1 aliphatic rings. The summed E-state index contributed by atoms with van der Waals surface area (Å²) >= 11 is 0. The average Bonchev–Trinajstić information content (AvgIpc) is 2.82. The first kappa shape index (κ1) is 24.8. The fraction of sp³-hybridized carbons (Fsp3) is 0.360. The van der Waals surface area contributed by atoms with E-state index in [4.69, 9.17) is 10.5 Å². The Morgan fingerprint density at radius 1 is 1.26 bits per heavy atom. The Morgan fingerprint density at radius 2 is 1.97 bits per heavy atom. The van der Waals surface area contributed by atoms with Crippen LogP contribution in [-0.2, 0) is 11.2 Å². The van der Waals surface area contributed by atoms with Crippen LogP contribution in [0.15, 0.2) is 42.9 Å². The van der Waals surface area contributed by atoms with Gasteiger partial charge in [-0.3, -0.25) is 9.78 Å². The molecule has 4 rings (SSSR count). The van der Waals surface area contributed by atoms with Gasteiger partial charge in [0.05, 0.1) is 35.8 Å². The van der Waals surface area contributed by atoms with Gasteiger partial charge in [0.1, 0.15) is 22.9 Å². The molecule has 0 aliphatic carbocycles. The van der Waals surface area contributed by atoms with Gasteiger partial charge in [-0.25, -0.2) is 18.7 Å².